The van der Waals surface area contributed by atoms with E-state index in [9.17, 15) is 9.59 Å². The summed E-state index contributed by atoms with van der Waals surface area (Å²) in [5.41, 5.74) is 2.10. The maximum Gasteiger partial charge on any atom is 0.257 e. The number of hydrogen-bond donors (Lipinski definition) is 1. The Labute approximate surface area is 221 Å². The molecule has 196 valence electrons. The van der Waals surface area contributed by atoms with E-state index in [2.05, 4.69) is 15.2 Å². The van der Waals surface area contributed by atoms with E-state index in [4.69, 9.17) is 14.2 Å². The highest BCUT2D eigenvalue weighted by Crippen LogP contribution is 2.30. The molecule has 9 heteroatoms. The summed E-state index contributed by atoms with van der Waals surface area (Å²) in [6.07, 6.45) is 5.14. The van der Waals surface area contributed by atoms with Gasteiger partial charge in [0.15, 0.2) is 22.4 Å². The summed E-state index contributed by atoms with van der Waals surface area (Å²) in [4.78, 5) is 32.1. The van der Waals surface area contributed by atoms with E-state index in [0.717, 1.165) is 43.1 Å². The van der Waals surface area contributed by atoms with Crippen LogP contribution in [-0.4, -0.2) is 62.0 Å². The van der Waals surface area contributed by atoms with Crippen LogP contribution in [0.4, 0.5) is 5.13 Å². The van der Waals surface area contributed by atoms with Crippen LogP contribution in [0.15, 0.2) is 47.8 Å². The molecule has 1 aliphatic heterocycles. The van der Waals surface area contributed by atoms with Crippen LogP contribution in [0.25, 0.3) is 11.3 Å². The Morgan fingerprint density at radius 3 is 2.51 bits per heavy atom. The first-order chi connectivity index (χ1) is 18.1. The van der Waals surface area contributed by atoms with Crippen molar-refractivity contribution in [3.05, 3.63) is 53.4 Å². The molecular formula is C28H33N3O5S. The van der Waals surface area contributed by atoms with Crippen LogP contribution >= 0.6 is 11.3 Å². The molecule has 1 aliphatic rings. The summed E-state index contributed by atoms with van der Waals surface area (Å²) in [5, 5.41) is 5.21. The number of amides is 1. The van der Waals surface area contributed by atoms with Crippen molar-refractivity contribution < 1.29 is 23.8 Å². The van der Waals surface area contributed by atoms with E-state index < -0.39 is 0 Å². The van der Waals surface area contributed by atoms with Crippen LogP contribution in [0.2, 0.25) is 0 Å². The molecule has 0 unspecified atom stereocenters. The number of piperidine rings is 1. The van der Waals surface area contributed by atoms with Crippen LogP contribution in [0.5, 0.6) is 17.2 Å². The van der Waals surface area contributed by atoms with Crippen molar-refractivity contribution in [2.24, 2.45) is 0 Å². The topological polar surface area (TPSA) is 90.0 Å². The van der Waals surface area contributed by atoms with Gasteiger partial charge >= 0.3 is 0 Å². The number of nitrogens with one attached hydrogen (secondary N) is 1. The molecular weight excluding hydrogens is 490 g/mol. The molecule has 37 heavy (non-hydrogen) atoms. The Hall–Kier alpha value is -3.43. The van der Waals surface area contributed by atoms with Crippen LogP contribution in [0, 0.1) is 0 Å². The number of ether oxygens (including phenoxy) is 3. The summed E-state index contributed by atoms with van der Waals surface area (Å²) >= 11 is 1.35. The smallest absolute Gasteiger partial charge is 0.257 e. The Bertz CT molecular complexity index is 1190. The Balaban J connectivity index is 1.28. The quantitative estimate of drug-likeness (QED) is 0.345. The van der Waals surface area contributed by atoms with Gasteiger partial charge < -0.3 is 19.1 Å². The Morgan fingerprint density at radius 1 is 1.00 bits per heavy atom. The molecule has 1 saturated heterocycles. The maximum absolute atomic E-state index is 12.8. The molecule has 4 rings (SSSR count). The van der Waals surface area contributed by atoms with E-state index in [1.54, 1.807) is 25.3 Å². The zero-order valence-electron chi connectivity index (χ0n) is 21.3. The molecule has 1 fully saturated rings. The highest BCUT2D eigenvalue weighted by Gasteiger charge is 2.15. The minimum Gasteiger partial charge on any atom is -0.497 e. The fraction of sp³-hybridized carbons (Fsp3) is 0.393. The summed E-state index contributed by atoms with van der Waals surface area (Å²) in [6.45, 7) is 3.21. The minimum absolute atomic E-state index is 0.0187. The van der Waals surface area contributed by atoms with Crippen molar-refractivity contribution in [1.82, 2.24) is 9.88 Å². The molecule has 2 aromatic carbocycles. The summed E-state index contributed by atoms with van der Waals surface area (Å²) in [7, 11) is 3.13. The number of likely N-dealkylation sites (tertiary alicyclic amines) is 1. The number of ketones is 1. The van der Waals surface area contributed by atoms with E-state index >= 15 is 0 Å². The fourth-order valence-electron chi connectivity index (χ4n) is 4.24. The monoisotopic (exact) mass is 523 g/mol. The number of carbonyl (C=O) groups excluding carboxylic acids is 2. The number of anilines is 1. The van der Waals surface area contributed by atoms with Gasteiger partial charge in [0.05, 0.1) is 19.9 Å². The summed E-state index contributed by atoms with van der Waals surface area (Å²) in [5.74, 6) is 1.34. The van der Waals surface area contributed by atoms with Gasteiger partial charge in [0, 0.05) is 22.9 Å². The first kappa shape index (κ1) is 26.6. The number of hydrogen-bond acceptors (Lipinski definition) is 8. The molecule has 0 radical (unpaired) electrons. The van der Waals surface area contributed by atoms with Gasteiger partial charge in [0.1, 0.15) is 12.4 Å². The number of thiazole rings is 1. The number of methoxy groups -OCH3 is 2. The Kier molecular flexibility index (Phi) is 9.51. The molecule has 1 aromatic heterocycles. The first-order valence-corrected chi connectivity index (χ1v) is 13.4. The van der Waals surface area contributed by atoms with E-state index in [1.165, 1.54) is 37.7 Å². The predicted molar refractivity (Wildman–Crippen MR) is 145 cm³/mol. The normalized spacial score (nSPS) is 13.7. The van der Waals surface area contributed by atoms with Gasteiger partial charge in [0.25, 0.3) is 5.91 Å². The van der Waals surface area contributed by atoms with Gasteiger partial charge in [-0.2, -0.15) is 0 Å². The average molecular weight is 524 g/mol. The molecule has 0 saturated carbocycles. The zero-order valence-corrected chi connectivity index (χ0v) is 22.1. The van der Waals surface area contributed by atoms with Crippen LogP contribution in [-0.2, 0) is 4.79 Å². The van der Waals surface area contributed by atoms with Gasteiger partial charge in [-0.15, -0.1) is 11.3 Å². The third-order valence-corrected chi connectivity index (χ3v) is 7.06. The molecule has 8 nitrogen and oxygen atoms in total. The van der Waals surface area contributed by atoms with Crippen molar-refractivity contribution in [1.29, 1.82) is 0 Å². The Morgan fingerprint density at radius 2 is 1.78 bits per heavy atom. The predicted octanol–water partition coefficient (Wildman–Crippen LogP) is 5.29. The lowest BCUT2D eigenvalue weighted by molar-refractivity contribution is -0.121. The van der Waals surface area contributed by atoms with Crippen molar-refractivity contribution in [3.8, 4) is 28.5 Å². The first-order valence-electron chi connectivity index (χ1n) is 12.5. The number of rotatable bonds is 12. The second-order valence-corrected chi connectivity index (χ2v) is 9.78. The van der Waals surface area contributed by atoms with Gasteiger partial charge in [-0.05, 0) is 81.4 Å². The minimum atomic E-state index is -0.311. The van der Waals surface area contributed by atoms with Gasteiger partial charge in [-0.1, -0.05) is 6.42 Å². The van der Waals surface area contributed by atoms with Gasteiger partial charge in [-0.25, -0.2) is 4.98 Å². The highest BCUT2D eigenvalue weighted by molar-refractivity contribution is 7.14. The largest absolute Gasteiger partial charge is 0.497 e. The number of Topliss-reactive ketones (excluding diaryl/α,β-unsaturated/α-hetero) is 1. The van der Waals surface area contributed by atoms with Crippen molar-refractivity contribution >= 4 is 28.2 Å². The number of nitrogens with zero attached hydrogens (tertiary/aromatic N) is 2. The highest BCUT2D eigenvalue weighted by atomic mass is 32.1. The number of aromatic nitrogens is 1. The molecule has 3 aromatic rings. The maximum atomic E-state index is 12.8. The molecule has 0 bridgehead atoms. The second-order valence-electron chi connectivity index (χ2n) is 8.92. The van der Waals surface area contributed by atoms with Crippen molar-refractivity contribution in [3.63, 3.8) is 0 Å². The molecule has 1 amide bonds. The van der Waals surface area contributed by atoms with E-state index in [0.29, 0.717) is 28.6 Å². The number of carbonyl (C=O) groups is 2. The third-order valence-electron chi connectivity index (χ3n) is 6.30. The lowest BCUT2D eigenvalue weighted by Gasteiger charge is -2.26. The lowest BCUT2D eigenvalue weighted by Crippen LogP contribution is -2.31. The average Bonchev–Trinajstić information content (AvgIpc) is 3.40. The fourth-order valence-corrected chi connectivity index (χ4v) is 4.95. The zero-order chi connectivity index (χ0) is 26.0. The van der Waals surface area contributed by atoms with Crippen LogP contribution in [0.3, 0.4) is 0 Å². The van der Waals surface area contributed by atoms with Gasteiger partial charge in [-0.3, -0.25) is 14.9 Å². The standard InChI is InChI=1S/C28H33N3O5S/c1-34-23-11-8-20(9-12-23)24-19-37-28(29-24)30-27(33)21-10-13-25(26(17-21)35-2)36-18-22(32)7-6-16-31-14-4-3-5-15-31/h8-13,17,19H,3-7,14-16,18H2,1-2H3,(H,29,30,33). The lowest BCUT2D eigenvalue weighted by atomic mass is 10.1. The van der Waals surface area contributed by atoms with E-state index in [-0.39, 0.29) is 18.3 Å². The van der Waals surface area contributed by atoms with Crippen LogP contribution < -0.4 is 19.5 Å². The molecule has 0 aliphatic carbocycles. The SMILES string of the molecule is COc1ccc(-c2csc(NC(=O)c3ccc(OCC(=O)CCCN4CCCCC4)c(OC)c3)n2)cc1. The van der Waals surface area contributed by atoms with Crippen molar-refractivity contribution in [2.75, 3.05) is 45.8 Å². The van der Waals surface area contributed by atoms with E-state index in [1.807, 2.05) is 29.6 Å². The summed E-state index contributed by atoms with van der Waals surface area (Å²) < 4.78 is 16.3. The molecule has 2 heterocycles. The van der Waals surface area contributed by atoms with Crippen LogP contribution in [0.1, 0.15) is 42.5 Å². The summed E-state index contributed by atoms with van der Waals surface area (Å²) in [6, 6.07) is 12.5. The van der Waals surface area contributed by atoms with Crippen molar-refractivity contribution in [2.45, 2.75) is 32.1 Å². The molecule has 0 atom stereocenters. The second kappa shape index (κ2) is 13.2. The number of benzene rings is 2. The molecule has 1 N–H and O–H groups in total. The van der Waals surface area contributed by atoms with Gasteiger partial charge in [0.2, 0.25) is 0 Å². The molecule has 0 spiro atoms. The third kappa shape index (κ3) is 7.53.